The zero-order chi connectivity index (χ0) is 11.4. The molecular formula is C12H11NO2S. The average molecular weight is 233 g/mol. The summed E-state index contributed by atoms with van der Waals surface area (Å²) in [5.74, 6) is -0.320. The lowest BCUT2D eigenvalue weighted by atomic mass is 10.1. The molecule has 0 aliphatic heterocycles. The number of hydrogen-bond donors (Lipinski definition) is 0. The molecule has 0 N–H and O–H groups in total. The van der Waals surface area contributed by atoms with Gasteiger partial charge in [-0.2, -0.15) is 4.37 Å². The number of hydrogen-bond acceptors (Lipinski definition) is 4. The second kappa shape index (κ2) is 4.90. The van der Waals surface area contributed by atoms with Crippen molar-refractivity contribution >= 4 is 17.5 Å². The van der Waals surface area contributed by atoms with Gasteiger partial charge in [0.15, 0.2) is 0 Å². The highest BCUT2D eigenvalue weighted by molar-refractivity contribution is 7.03. The van der Waals surface area contributed by atoms with Crippen molar-refractivity contribution in [2.75, 3.05) is 7.11 Å². The summed E-state index contributed by atoms with van der Waals surface area (Å²) in [4.78, 5) is 11.4. The van der Waals surface area contributed by atoms with Crippen molar-refractivity contribution in [1.29, 1.82) is 0 Å². The molecule has 82 valence electrons. The van der Waals surface area contributed by atoms with E-state index >= 15 is 0 Å². The van der Waals surface area contributed by atoms with E-state index in [1.807, 2.05) is 30.3 Å². The molecule has 16 heavy (non-hydrogen) atoms. The fourth-order valence-corrected chi connectivity index (χ4v) is 2.13. The van der Waals surface area contributed by atoms with Gasteiger partial charge in [0.1, 0.15) is 0 Å². The molecule has 0 unspecified atom stereocenters. The lowest BCUT2D eigenvalue weighted by Crippen LogP contribution is -2.04. The van der Waals surface area contributed by atoms with Crippen LogP contribution in [0, 0.1) is 0 Å². The maximum Gasteiger partial charge on any atom is 0.340 e. The SMILES string of the molecule is COC(=O)c1csnc1Cc1ccccc1. The van der Waals surface area contributed by atoms with Crippen LogP contribution < -0.4 is 0 Å². The van der Waals surface area contributed by atoms with E-state index in [0.717, 1.165) is 11.3 Å². The summed E-state index contributed by atoms with van der Waals surface area (Å²) in [6.07, 6.45) is 0.661. The third-order valence-electron chi connectivity index (χ3n) is 2.26. The predicted molar refractivity (Wildman–Crippen MR) is 62.7 cm³/mol. The van der Waals surface area contributed by atoms with Gasteiger partial charge < -0.3 is 4.74 Å². The molecule has 0 amide bonds. The van der Waals surface area contributed by atoms with Crippen LogP contribution >= 0.6 is 11.5 Å². The number of esters is 1. The zero-order valence-electron chi connectivity index (χ0n) is 8.84. The molecule has 0 spiro atoms. The van der Waals surface area contributed by atoms with E-state index in [9.17, 15) is 4.79 Å². The molecule has 2 rings (SSSR count). The molecule has 0 atom stereocenters. The smallest absolute Gasteiger partial charge is 0.340 e. The first-order valence-corrected chi connectivity index (χ1v) is 5.70. The molecule has 0 bridgehead atoms. The normalized spacial score (nSPS) is 10.1. The van der Waals surface area contributed by atoms with Crippen molar-refractivity contribution in [1.82, 2.24) is 4.37 Å². The van der Waals surface area contributed by atoms with Gasteiger partial charge in [0.05, 0.1) is 18.4 Å². The Hall–Kier alpha value is -1.68. The topological polar surface area (TPSA) is 39.2 Å². The van der Waals surface area contributed by atoms with E-state index < -0.39 is 0 Å². The fraction of sp³-hybridized carbons (Fsp3) is 0.167. The van der Waals surface area contributed by atoms with Crippen LogP contribution in [0.3, 0.4) is 0 Å². The molecule has 0 aliphatic rings. The second-order valence-corrected chi connectivity index (χ2v) is 3.96. The van der Waals surface area contributed by atoms with Crippen molar-refractivity contribution in [3.63, 3.8) is 0 Å². The van der Waals surface area contributed by atoms with E-state index in [1.54, 1.807) is 5.38 Å². The Morgan fingerprint density at radius 2 is 2.12 bits per heavy atom. The molecule has 2 aromatic rings. The van der Waals surface area contributed by atoms with Gasteiger partial charge in [-0.1, -0.05) is 30.3 Å². The van der Waals surface area contributed by atoms with Crippen LogP contribution in [0.1, 0.15) is 21.6 Å². The Morgan fingerprint density at radius 3 is 2.81 bits per heavy atom. The van der Waals surface area contributed by atoms with Crippen LogP contribution in [0.4, 0.5) is 0 Å². The maximum absolute atomic E-state index is 11.4. The van der Waals surface area contributed by atoms with E-state index in [1.165, 1.54) is 18.6 Å². The molecule has 0 saturated carbocycles. The minimum Gasteiger partial charge on any atom is -0.465 e. The van der Waals surface area contributed by atoms with Crippen molar-refractivity contribution in [2.24, 2.45) is 0 Å². The van der Waals surface area contributed by atoms with Crippen molar-refractivity contribution in [3.8, 4) is 0 Å². The van der Waals surface area contributed by atoms with E-state index in [4.69, 9.17) is 4.74 Å². The van der Waals surface area contributed by atoms with Crippen LogP contribution in [0.15, 0.2) is 35.7 Å². The van der Waals surface area contributed by atoms with Crippen molar-refractivity contribution in [2.45, 2.75) is 6.42 Å². The largest absolute Gasteiger partial charge is 0.465 e. The first kappa shape index (κ1) is 10.8. The second-order valence-electron chi connectivity index (χ2n) is 3.33. The zero-order valence-corrected chi connectivity index (χ0v) is 9.66. The summed E-state index contributed by atoms with van der Waals surface area (Å²) in [5.41, 5.74) is 2.48. The molecular weight excluding hydrogens is 222 g/mol. The number of methoxy groups -OCH3 is 1. The number of ether oxygens (including phenoxy) is 1. The van der Waals surface area contributed by atoms with E-state index in [-0.39, 0.29) is 5.97 Å². The highest BCUT2D eigenvalue weighted by atomic mass is 32.1. The highest BCUT2D eigenvalue weighted by Gasteiger charge is 2.14. The molecule has 1 aromatic carbocycles. The quantitative estimate of drug-likeness (QED) is 0.765. The Balaban J connectivity index is 2.22. The average Bonchev–Trinajstić information content (AvgIpc) is 2.77. The van der Waals surface area contributed by atoms with Crippen molar-refractivity contribution < 1.29 is 9.53 Å². The first-order valence-electron chi connectivity index (χ1n) is 4.86. The standard InChI is InChI=1S/C12H11NO2S/c1-15-12(14)10-8-16-13-11(10)7-9-5-3-2-4-6-9/h2-6,8H,7H2,1H3. The molecule has 1 heterocycles. The number of rotatable bonds is 3. The number of carbonyl (C=O) groups excluding carboxylic acids is 1. The number of carbonyl (C=O) groups is 1. The summed E-state index contributed by atoms with van der Waals surface area (Å²) in [6.45, 7) is 0. The van der Waals surface area contributed by atoms with Gasteiger partial charge in [-0.3, -0.25) is 0 Å². The summed E-state index contributed by atoms with van der Waals surface area (Å²) >= 11 is 1.28. The summed E-state index contributed by atoms with van der Waals surface area (Å²) in [6, 6.07) is 9.94. The Morgan fingerprint density at radius 1 is 1.38 bits per heavy atom. The van der Waals surface area contributed by atoms with Gasteiger partial charge in [-0.15, -0.1) is 0 Å². The number of benzene rings is 1. The van der Waals surface area contributed by atoms with Gasteiger partial charge >= 0.3 is 5.97 Å². The molecule has 0 radical (unpaired) electrons. The Bertz CT molecular complexity index is 479. The molecule has 3 nitrogen and oxygen atoms in total. The number of nitrogens with zero attached hydrogens (tertiary/aromatic N) is 1. The predicted octanol–water partition coefficient (Wildman–Crippen LogP) is 2.52. The summed E-state index contributed by atoms with van der Waals surface area (Å²) in [5, 5.41) is 1.73. The Labute approximate surface area is 97.9 Å². The maximum atomic E-state index is 11.4. The van der Waals surface area contributed by atoms with Gasteiger partial charge in [-0.05, 0) is 17.1 Å². The van der Waals surface area contributed by atoms with Gasteiger partial charge in [0.25, 0.3) is 0 Å². The first-order chi connectivity index (χ1) is 7.81. The highest BCUT2D eigenvalue weighted by Crippen LogP contribution is 2.16. The van der Waals surface area contributed by atoms with Crippen molar-refractivity contribution in [3.05, 3.63) is 52.5 Å². The minimum atomic E-state index is -0.320. The fourth-order valence-electron chi connectivity index (χ4n) is 1.45. The molecule has 4 heteroatoms. The monoisotopic (exact) mass is 233 g/mol. The minimum absolute atomic E-state index is 0.320. The van der Waals surface area contributed by atoms with Crippen LogP contribution in [-0.2, 0) is 11.2 Å². The van der Waals surface area contributed by atoms with Crippen LogP contribution in [0.5, 0.6) is 0 Å². The molecule has 1 aromatic heterocycles. The van der Waals surface area contributed by atoms with E-state index in [0.29, 0.717) is 12.0 Å². The summed E-state index contributed by atoms with van der Waals surface area (Å²) in [7, 11) is 1.38. The van der Waals surface area contributed by atoms with Gasteiger partial charge in [-0.25, -0.2) is 4.79 Å². The molecule has 0 saturated heterocycles. The van der Waals surface area contributed by atoms with Gasteiger partial charge in [0.2, 0.25) is 0 Å². The lowest BCUT2D eigenvalue weighted by molar-refractivity contribution is 0.0600. The molecule has 0 aliphatic carbocycles. The lowest BCUT2D eigenvalue weighted by Gasteiger charge is -2.01. The van der Waals surface area contributed by atoms with Crippen LogP contribution in [0.25, 0.3) is 0 Å². The van der Waals surface area contributed by atoms with Gasteiger partial charge in [0, 0.05) is 11.8 Å². The Kier molecular flexibility index (Phi) is 3.31. The third kappa shape index (κ3) is 2.28. The third-order valence-corrected chi connectivity index (χ3v) is 2.93. The van der Waals surface area contributed by atoms with E-state index in [2.05, 4.69) is 4.37 Å². The van der Waals surface area contributed by atoms with Crippen LogP contribution in [-0.4, -0.2) is 17.5 Å². The summed E-state index contributed by atoms with van der Waals surface area (Å²) < 4.78 is 8.92. The molecule has 0 fully saturated rings. The number of aromatic nitrogens is 1. The van der Waals surface area contributed by atoms with Crippen LogP contribution in [0.2, 0.25) is 0 Å².